The molecule has 0 saturated heterocycles. The lowest BCUT2D eigenvalue weighted by Gasteiger charge is -2.44. The molecule has 0 N–H and O–H groups in total. The van der Waals surface area contributed by atoms with Crippen molar-refractivity contribution in [2.45, 2.75) is 100 Å². The second-order valence-corrected chi connectivity index (χ2v) is 29.9. The van der Waals surface area contributed by atoms with E-state index in [0.29, 0.717) is 12.3 Å². The predicted molar refractivity (Wildman–Crippen MR) is 461 cm³/mol. The average Bonchev–Trinajstić information content (AvgIpc) is 1.47. The summed E-state index contributed by atoms with van der Waals surface area (Å²) < 4.78 is 12.3. The molecular weight excluding hydrogens is 1340 g/mol. The summed E-state index contributed by atoms with van der Waals surface area (Å²) in [6.07, 6.45) is 14.4. The molecule has 5 atom stereocenters. The normalized spacial score (nSPS) is 18.1. The number of aryl methyl sites for hydroxylation is 5. The van der Waals surface area contributed by atoms with E-state index >= 15 is 0 Å². The fourth-order valence-corrected chi connectivity index (χ4v) is 17.4. The van der Waals surface area contributed by atoms with Gasteiger partial charge in [0.2, 0.25) is 0 Å². The predicted octanol–water partition coefficient (Wildman–Crippen LogP) is 24.2. The zero-order valence-electron chi connectivity index (χ0n) is 64.8. The summed E-state index contributed by atoms with van der Waals surface area (Å²) in [4.78, 5) is 23.6. The van der Waals surface area contributed by atoms with Crippen LogP contribution in [0.4, 0.5) is 62.6 Å². The van der Waals surface area contributed by atoms with Gasteiger partial charge in [-0.2, -0.15) is 0 Å². The molecule has 12 nitrogen and oxygen atoms in total. The molecule has 0 amide bonds. The van der Waals surface area contributed by atoms with Gasteiger partial charge in [-0.1, -0.05) is 170 Å². The Labute approximate surface area is 641 Å². The first kappa shape index (κ1) is 69.5. The maximum atomic E-state index is 6.19. The molecule has 544 valence electrons. The summed E-state index contributed by atoms with van der Waals surface area (Å²) in [6, 6.07) is 88.1. The number of fused-ring (bicyclic) bond motifs is 15. The molecule has 12 aromatic carbocycles. The lowest BCUT2D eigenvalue weighted by atomic mass is 9.90. The van der Waals surface area contributed by atoms with Gasteiger partial charge >= 0.3 is 0 Å². The first-order valence-electron chi connectivity index (χ1n) is 38.2. The quantitative estimate of drug-likeness (QED) is 0.169. The minimum atomic E-state index is 0.262. The van der Waals surface area contributed by atoms with Crippen LogP contribution in [0, 0.1) is 34.6 Å². The highest BCUT2D eigenvalue weighted by molar-refractivity contribution is 6.10. The van der Waals surface area contributed by atoms with E-state index in [-0.39, 0.29) is 18.5 Å². The molecule has 12 heteroatoms. The Morgan fingerprint density at radius 2 is 0.817 bits per heavy atom. The Morgan fingerprint density at radius 1 is 0.312 bits per heavy atom. The van der Waals surface area contributed by atoms with E-state index in [1.807, 2.05) is 24.3 Å². The van der Waals surface area contributed by atoms with Gasteiger partial charge in [0.1, 0.15) is 53.2 Å². The lowest BCUT2D eigenvalue weighted by molar-refractivity contribution is 0.383. The molecule has 0 unspecified atom stereocenters. The van der Waals surface area contributed by atoms with Crippen LogP contribution in [0.5, 0.6) is 0 Å². The number of nitrogens with zero attached hydrogens (tertiary/aromatic N) is 10. The Morgan fingerprint density at radius 3 is 1.47 bits per heavy atom. The van der Waals surface area contributed by atoms with E-state index in [0.717, 1.165) is 22.3 Å². The summed E-state index contributed by atoms with van der Waals surface area (Å²) in [5, 5.41) is 7.37. The minimum Gasteiger partial charge on any atom is -0.456 e. The van der Waals surface area contributed by atoms with Crippen LogP contribution in [-0.4, -0.2) is 68.8 Å². The Hall–Kier alpha value is -12.5. The third-order valence-electron chi connectivity index (χ3n) is 23.6. The fourth-order valence-electron chi connectivity index (χ4n) is 17.4. The highest BCUT2D eigenvalue weighted by Gasteiger charge is 2.38. The van der Waals surface area contributed by atoms with Gasteiger partial charge in [-0.3, -0.25) is 0 Å². The number of hydrogen-bond donors (Lipinski definition) is 0. The van der Waals surface area contributed by atoms with Gasteiger partial charge in [0, 0.05) is 125 Å². The molecule has 109 heavy (non-hydrogen) atoms. The maximum absolute atomic E-state index is 6.19. The second kappa shape index (κ2) is 28.0. The van der Waals surface area contributed by atoms with Crippen LogP contribution in [0.15, 0.2) is 300 Å². The standard InChI is InChI=1S/2C22H20N2O.C20H20N2.C18H18N2.C15H16N2/c1-14-12-17-16-8-4-7-11-21(16)25-22(17)13-20(14)24-15(2)23(3)18-9-5-6-10-19(18)24;1-14-18(24-15(2)23(3)19-9-5-6-10-20(19)24)13-12-17-16-8-4-7-11-21(16)25-22(14)17;1-14-8-4-5-11-17(14)22-15(2)21(3)18-12-6-9-16-10-7-13-19(22)20(16)18;1-12-7-6-10-16-14-8-4-5-9-15(14)17-11-19(3)13(2)20(17)18(12)16;1-12-7-3-4-9-15(12)17-11-14-8-5-6-10-16(14)13(17)2/h2*4-13,15H,1-3H3;4-13,15H,1-3H3;4-11,13H,1-3H3;3-11,13H,1-2H3/t3*15-;2*13-/m00000/s1. The number of rotatable bonds is 4. The lowest BCUT2D eigenvalue weighted by Crippen LogP contribution is -2.45. The van der Waals surface area contributed by atoms with Crippen LogP contribution in [0.1, 0.15) is 68.0 Å². The number of furan rings is 2. The van der Waals surface area contributed by atoms with Crippen molar-refractivity contribution in [3.63, 3.8) is 0 Å². The molecule has 9 heterocycles. The van der Waals surface area contributed by atoms with Crippen molar-refractivity contribution >= 4 is 123 Å². The molecule has 0 saturated carbocycles. The van der Waals surface area contributed by atoms with Gasteiger partial charge in [-0.15, -0.1) is 0 Å². The zero-order chi connectivity index (χ0) is 75.2. The third-order valence-corrected chi connectivity index (χ3v) is 23.6. The summed E-state index contributed by atoms with van der Waals surface area (Å²) in [6.45, 7) is 22.1. The number of benzene rings is 12. The van der Waals surface area contributed by atoms with Crippen molar-refractivity contribution in [3.05, 3.63) is 325 Å². The second-order valence-electron chi connectivity index (χ2n) is 29.9. The molecular formula is C97H94N10O2. The van der Waals surface area contributed by atoms with Crippen LogP contribution in [0.25, 0.3) is 71.5 Å². The molecule has 2 aromatic heterocycles. The fraction of sp³-hybridized carbons (Fsp3) is 0.196. The molecule has 0 aliphatic carbocycles. The largest absolute Gasteiger partial charge is 0.456 e. The smallest absolute Gasteiger partial charge is 0.140 e. The summed E-state index contributed by atoms with van der Waals surface area (Å²) in [5.41, 5.74) is 30.8. The van der Waals surface area contributed by atoms with Crippen LogP contribution in [0.3, 0.4) is 0 Å². The van der Waals surface area contributed by atoms with Gasteiger partial charge in [-0.05, 0) is 193 Å². The first-order chi connectivity index (χ1) is 52.9. The molecule has 0 bridgehead atoms. The topological polar surface area (TPSA) is 58.7 Å². The highest BCUT2D eigenvalue weighted by atomic mass is 16.3. The van der Waals surface area contributed by atoms with E-state index in [1.54, 1.807) is 0 Å². The van der Waals surface area contributed by atoms with Gasteiger partial charge < -0.3 is 57.8 Å². The zero-order valence-corrected chi connectivity index (χ0v) is 64.8. The Balaban J connectivity index is 0.000000100. The molecule has 0 fully saturated rings. The maximum Gasteiger partial charge on any atom is 0.140 e. The van der Waals surface area contributed by atoms with Crippen molar-refractivity contribution in [1.82, 2.24) is 9.80 Å². The SMILES string of the molecule is Cc1c(N2c3ccccc3N(C)[C@@H]2C)ccc2c1oc1ccccc12.Cc1cc2c(cc1N1c3ccccc3N(C)[C@@H]1C)oc1ccccc12.Cc1cccc2c1N1C(=CN(C)[C@@H]1C)c1ccccc1-2.Cc1ccccc1N1C=C2C=CC=CN2[C@@H]1C.Cc1ccccc1N1c2cccc3cccc(c23)N(C)[C@@H]1C. The van der Waals surface area contributed by atoms with Crippen molar-refractivity contribution < 1.29 is 8.83 Å². The third kappa shape index (κ3) is 11.7. The van der Waals surface area contributed by atoms with Gasteiger partial charge in [-0.25, -0.2) is 0 Å². The molecule has 7 aliphatic rings. The Bertz CT molecular complexity index is 5920. The van der Waals surface area contributed by atoms with Crippen LogP contribution in [-0.2, 0) is 0 Å². The van der Waals surface area contributed by atoms with E-state index in [9.17, 15) is 0 Å². The van der Waals surface area contributed by atoms with E-state index < -0.39 is 0 Å². The van der Waals surface area contributed by atoms with Gasteiger partial charge in [0.15, 0.2) is 0 Å². The number of hydrogen-bond acceptors (Lipinski definition) is 12. The van der Waals surface area contributed by atoms with Gasteiger partial charge in [0.05, 0.1) is 45.5 Å². The van der Waals surface area contributed by atoms with Crippen LogP contribution < -0.4 is 39.2 Å². The molecule has 21 rings (SSSR count). The minimum absolute atomic E-state index is 0.262. The van der Waals surface area contributed by atoms with Crippen molar-refractivity contribution in [1.29, 1.82) is 0 Å². The van der Waals surface area contributed by atoms with Crippen molar-refractivity contribution in [2.24, 2.45) is 0 Å². The molecule has 14 aromatic rings. The molecule has 0 spiro atoms. The summed E-state index contributed by atoms with van der Waals surface area (Å²) in [5.74, 6) is 0. The monoisotopic (exact) mass is 1430 g/mol. The summed E-state index contributed by atoms with van der Waals surface area (Å²) >= 11 is 0. The highest BCUT2D eigenvalue weighted by Crippen LogP contribution is 2.52. The van der Waals surface area contributed by atoms with Gasteiger partial charge in [0.25, 0.3) is 0 Å². The molecule has 7 aliphatic heterocycles. The van der Waals surface area contributed by atoms with E-state index in [2.05, 4.69) is 408 Å². The van der Waals surface area contributed by atoms with E-state index in [4.69, 9.17) is 8.83 Å². The van der Waals surface area contributed by atoms with E-state index in [1.165, 1.54) is 151 Å². The number of allylic oxidation sites excluding steroid dienone is 3. The summed E-state index contributed by atoms with van der Waals surface area (Å²) in [7, 11) is 8.63. The molecule has 0 radical (unpaired) electrons. The number of anilines is 11. The average molecular weight is 1430 g/mol. The number of para-hydroxylation sites is 9. The Kier molecular flexibility index (Phi) is 17.8. The van der Waals surface area contributed by atoms with Crippen molar-refractivity contribution in [3.8, 4) is 11.1 Å². The van der Waals surface area contributed by atoms with Crippen LogP contribution in [0.2, 0.25) is 0 Å². The van der Waals surface area contributed by atoms with Crippen LogP contribution >= 0.6 is 0 Å². The van der Waals surface area contributed by atoms with Crippen molar-refractivity contribution in [2.75, 3.05) is 67.4 Å². The first-order valence-corrected chi connectivity index (χ1v) is 38.2.